The Morgan fingerprint density at radius 1 is 0.943 bits per heavy atom. The summed E-state index contributed by atoms with van der Waals surface area (Å²) in [6, 6.07) is 14.1. The van der Waals surface area contributed by atoms with Crippen LogP contribution in [0.2, 0.25) is 0 Å². The van der Waals surface area contributed by atoms with Gasteiger partial charge in [0.1, 0.15) is 0 Å². The number of carboxylic acid groups (broad SMARTS) is 1. The minimum atomic E-state index is -4.49. The molecule has 10 heteroatoms. The van der Waals surface area contributed by atoms with E-state index in [1.165, 1.54) is 29.3 Å². The number of hydrogen-bond donors (Lipinski definition) is 1. The van der Waals surface area contributed by atoms with Crippen LogP contribution in [0.25, 0.3) is 11.1 Å². The topological polar surface area (TPSA) is 78.7 Å². The number of amides is 1. The van der Waals surface area contributed by atoms with Crippen molar-refractivity contribution in [2.45, 2.75) is 26.6 Å². The van der Waals surface area contributed by atoms with Crippen molar-refractivity contribution in [1.29, 1.82) is 0 Å². The summed E-state index contributed by atoms with van der Waals surface area (Å²) in [5.41, 5.74) is 0.495. The molecule has 1 amide bonds. The van der Waals surface area contributed by atoms with Crippen molar-refractivity contribution in [2.24, 2.45) is 0 Å². The maximum absolute atomic E-state index is 13.8. The van der Waals surface area contributed by atoms with Crippen LogP contribution >= 0.6 is 0 Å². The third-order valence-corrected chi connectivity index (χ3v) is 5.56. The van der Waals surface area contributed by atoms with Gasteiger partial charge in [0.05, 0.1) is 5.56 Å². The molecule has 35 heavy (non-hydrogen) atoms. The van der Waals surface area contributed by atoms with Crippen LogP contribution in [0.4, 0.5) is 18.0 Å². The van der Waals surface area contributed by atoms with Crippen molar-refractivity contribution in [3.05, 3.63) is 77.6 Å². The lowest BCUT2D eigenvalue weighted by molar-refractivity contribution is -0.138. The first kappa shape index (κ1) is 26.0. The Labute approximate surface area is 201 Å². The fraction of sp³-hybridized carbons (Fsp3) is 0.320. The van der Waals surface area contributed by atoms with Crippen molar-refractivity contribution in [3.8, 4) is 11.1 Å². The molecule has 1 aliphatic heterocycles. The van der Waals surface area contributed by atoms with Gasteiger partial charge in [0.2, 0.25) is 0 Å². The number of carbonyl (C=O) groups excluding carboxylic acids is 1. The molecule has 0 aliphatic carbocycles. The lowest BCUT2D eigenvalue weighted by Gasteiger charge is -2.34. The summed E-state index contributed by atoms with van der Waals surface area (Å²) < 4.78 is 42.3. The van der Waals surface area contributed by atoms with Gasteiger partial charge in [-0.1, -0.05) is 56.3 Å². The molecule has 0 saturated carbocycles. The van der Waals surface area contributed by atoms with Gasteiger partial charge in [-0.2, -0.15) is 23.0 Å². The highest BCUT2D eigenvalue weighted by Crippen LogP contribution is 2.35. The molecule has 7 nitrogen and oxygen atoms in total. The smallest absolute Gasteiger partial charge is 0.416 e. The Morgan fingerprint density at radius 2 is 1.60 bits per heavy atom. The average molecular weight is 489 g/mol. The number of aromatic carboxylic acids is 1. The number of carboxylic acids is 1. The Balaban J connectivity index is 0.00000167. The molecule has 0 unspecified atom stereocenters. The van der Waals surface area contributed by atoms with Crippen molar-refractivity contribution in [1.82, 2.24) is 19.6 Å². The Hall–Kier alpha value is -3.66. The zero-order chi connectivity index (χ0) is 25.6. The Bertz CT molecular complexity index is 1150. The fourth-order valence-electron chi connectivity index (χ4n) is 3.82. The third-order valence-electron chi connectivity index (χ3n) is 5.56. The van der Waals surface area contributed by atoms with Gasteiger partial charge in [-0.05, 0) is 28.8 Å². The highest BCUT2D eigenvalue weighted by Gasteiger charge is 2.34. The van der Waals surface area contributed by atoms with Gasteiger partial charge >= 0.3 is 18.2 Å². The lowest BCUT2D eigenvalue weighted by Crippen LogP contribution is -2.49. The zero-order valence-corrected chi connectivity index (χ0v) is 19.5. The monoisotopic (exact) mass is 488 g/mol. The van der Waals surface area contributed by atoms with Crippen molar-refractivity contribution in [2.75, 3.05) is 26.2 Å². The van der Waals surface area contributed by atoms with Crippen LogP contribution in [0.15, 0.2) is 60.8 Å². The molecule has 0 radical (unpaired) electrons. The molecule has 2 heterocycles. The zero-order valence-electron chi connectivity index (χ0n) is 19.5. The number of hydrogen-bond acceptors (Lipinski definition) is 4. The first-order valence-corrected chi connectivity index (χ1v) is 11.3. The van der Waals surface area contributed by atoms with E-state index in [2.05, 4.69) is 5.10 Å². The highest BCUT2D eigenvalue weighted by molar-refractivity contribution is 5.86. The summed E-state index contributed by atoms with van der Waals surface area (Å²) in [6.07, 6.45) is -3.21. The van der Waals surface area contributed by atoms with Crippen LogP contribution in [0.1, 0.15) is 35.5 Å². The van der Waals surface area contributed by atoms with E-state index >= 15 is 0 Å². The van der Waals surface area contributed by atoms with Crippen molar-refractivity contribution >= 4 is 12.0 Å². The molecule has 186 valence electrons. The lowest BCUT2D eigenvalue weighted by atomic mass is 9.98. The summed E-state index contributed by atoms with van der Waals surface area (Å²) >= 11 is 0. The minimum Gasteiger partial charge on any atom is -0.476 e. The van der Waals surface area contributed by atoms with Gasteiger partial charge in [-0.25, -0.2) is 9.59 Å². The quantitative estimate of drug-likeness (QED) is 0.554. The largest absolute Gasteiger partial charge is 0.476 e. The number of carbonyl (C=O) groups is 2. The second-order valence-electron chi connectivity index (χ2n) is 7.73. The van der Waals surface area contributed by atoms with E-state index < -0.39 is 23.7 Å². The van der Waals surface area contributed by atoms with Gasteiger partial charge in [-0.15, -0.1) is 0 Å². The molecule has 0 atom stereocenters. The van der Waals surface area contributed by atoms with Gasteiger partial charge in [0.15, 0.2) is 5.69 Å². The molecule has 1 aromatic heterocycles. The van der Waals surface area contributed by atoms with Crippen LogP contribution in [0, 0.1) is 0 Å². The summed E-state index contributed by atoms with van der Waals surface area (Å²) in [4.78, 5) is 26.8. The molecule has 0 bridgehead atoms. The Kier molecular flexibility index (Phi) is 8.29. The number of alkyl halides is 3. The summed E-state index contributed by atoms with van der Waals surface area (Å²) in [5.74, 6) is -1.23. The number of rotatable bonds is 4. The molecule has 0 spiro atoms. The fourth-order valence-corrected chi connectivity index (χ4v) is 3.82. The standard InChI is InChI=1S/C23H21F3N4O3.C2H6/c24-23(25,26)19-14-17(16-4-2-1-3-5-16)6-7-18(19)15-28-10-12-29(13-11-28)22(33)30-9-8-20(27-30)21(31)32;1-2/h1-9,14H,10-13,15H2,(H,31,32);1-2H3. The molecule has 1 saturated heterocycles. The second kappa shape index (κ2) is 11.2. The van der Waals surface area contributed by atoms with E-state index in [0.717, 1.165) is 4.68 Å². The molecule has 4 rings (SSSR count). The van der Waals surface area contributed by atoms with E-state index in [4.69, 9.17) is 5.11 Å². The molecule has 3 aromatic rings. The molecule has 1 fully saturated rings. The summed E-state index contributed by atoms with van der Waals surface area (Å²) in [5, 5.41) is 12.7. The van der Waals surface area contributed by atoms with E-state index in [9.17, 15) is 22.8 Å². The molecular formula is C25H27F3N4O3. The number of piperazine rings is 1. The van der Waals surface area contributed by atoms with Gasteiger partial charge in [-0.3, -0.25) is 4.90 Å². The highest BCUT2D eigenvalue weighted by atomic mass is 19.4. The summed E-state index contributed by atoms with van der Waals surface area (Å²) in [6.45, 7) is 5.47. The SMILES string of the molecule is CC.O=C(O)c1ccn(C(=O)N2CCN(Cc3ccc(-c4ccccc4)cc3C(F)(F)F)CC2)n1. The van der Waals surface area contributed by atoms with E-state index in [-0.39, 0.29) is 17.8 Å². The first-order valence-electron chi connectivity index (χ1n) is 11.3. The number of halogens is 3. The van der Waals surface area contributed by atoms with Crippen LogP contribution in [-0.2, 0) is 12.7 Å². The average Bonchev–Trinajstić information content (AvgIpc) is 3.36. The number of aromatic nitrogens is 2. The van der Waals surface area contributed by atoms with E-state index in [1.807, 2.05) is 24.8 Å². The van der Waals surface area contributed by atoms with E-state index in [0.29, 0.717) is 37.3 Å². The van der Waals surface area contributed by atoms with E-state index in [1.54, 1.807) is 30.3 Å². The van der Waals surface area contributed by atoms with Crippen LogP contribution in [0.3, 0.4) is 0 Å². The molecule has 1 aliphatic rings. The number of nitrogens with zero attached hydrogens (tertiary/aromatic N) is 4. The van der Waals surface area contributed by atoms with Gasteiger partial charge < -0.3 is 10.0 Å². The molecule has 2 aromatic carbocycles. The third kappa shape index (κ3) is 6.27. The van der Waals surface area contributed by atoms with Crippen LogP contribution in [-0.4, -0.2) is 62.9 Å². The molecular weight excluding hydrogens is 461 g/mol. The second-order valence-corrected chi connectivity index (χ2v) is 7.73. The predicted molar refractivity (Wildman–Crippen MR) is 125 cm³/mol. The van der Waals surface area contributed by atoms with Crippen molar-refractivity contribution < 1.29 is 27.9 Å². The first-order chi connectivity index (χ1) is 16.7. The van der Waals surface area contributed by atoms with Gasteiger partial charge in [0, 0.05) is 38.9 Å². The Morgan fingerprint density at radius 3 is 2.17 bits per heavy atom. The summed E-state index contributed by atoms with van der Waals surface area (Å²) in [7, 11) is 0. The van der Waals surface area contributed by atoms with Gasteiger partial charge in [0.25, 0.3) is 0 Å². The van der Waals surface area contributed by atoms with Crippen LogP contribution < -0.4 is 0 Å². The maximum Gasteiger partial charge on any atom is 0.416 e. The predicted octanol–water partition coefficient (Wildman–Crippen LogP) is 5.08. The normalized spacial score (nSPS) is 14.3. The van der Waals surface area contributed by atoms with Crippen LogP contribution in [0.5, 0.6) is 0 Å². The minimum absolute atomic E-state index is 0.108. The molecule has 1 N–H and O–H groups in total. The number of benzene rings is 2. The maximum atomic E-state index is 13.8. The van der Waals surface area contributed by atoms with Crippen molar-refractivity contribution in [3.63, 3.8) is 0 Å².